The van der Waals surface area contributed by atoms with E-state index in [1.807, 2.05) is 47.3 Å². The van der Waals surface area contributed by atoms with Gasteiger partial charge in [0.2, 0.25) is 0 Å². The van der Waals surface area contributed by atoms with Gasteiger partial charge in [-0.1, -0.05) is 48.5 Å². The molecular weight excluding hydrogens is 350 g/mol. The van der Waals surface area contributed by atoms with E-state index in [1.165, 1.54) is 11.1 Å². The van der Waals surface area contributed by atoms with Crippen molar-refractivity contribution in [2.24, 2.45) is 0 Å². The van der Waals surface area contributed by atoms with Crippen LogP contribution >= 0.6 is 0 Å². The Morgan fingerprint density at radius 3 is 2.29 bits per heavy atom. The molecule has 146 valence electrons. The normalized spacial score (nSPS) is 16.8. The molecule has 3 aromatic rings. The molecule has 0 aliphatic carbocycles. The minimum absolute atomic E-state index is 0.347. The van der Waals surface area contributed by atoms with Gasteiger partial charge in [-0.2, -0.15) is 5.10 Å². The van der Waals surface area contributed by atoms with E-state index < -0.39 is 5.60 Å². The third-order valence-corrected chi connectivity index (χ3v) is 5.32. The van der Waals surface area contributed by atoms with Crippen LogP contribution in [0, 0.1) is 0 Å². The molecule has 2 aromatic carbocycles. The molecule has 2 heterocycles. The number of likely N-dealkylation sites (tertiary alicyclic amines) is 1. The maximum Gasteiger partial charge on any atom is 0.119 e. The lowest BCUT2D eigenvalue weighted by Gasteiger charge is -2.37. The first kappa shape index (κ1) is 18.7. The second-order valence-corrected chi connectivity index (χ2v) is 7.63. The summed E-state index contributed by atoms with van der Waals surface area (Å²) in [5.74, 6) is 0.809. The summed E-state index contributed by atoms with van der Waals surface area (Å²) in [6, 6.07) is 20.1. The largest absolute Gasteiger partial charge is 0.491 e. The number of ether oxygens (including phenoxy) is 1. The third kappa shape index (κ3) is 5.00. The van der Waals surface area contributed by atoms with Crippen LogP contribution in [0.25, 0.3) is 0 Å². The summed E-state index contributed by atoms with van der Waals surface area (Å²) in [6.45, 7) is 3.72. The van der Waals surface area contributed by atoms with Gasteiger partial charge >= 0.3 is 0 Å². The summed E-state index contributed by atoms with van der Waals surface area (Å²) in [4.78, 5) is 2.38. The van der Waals surface area contributed by atoms with Gasteiger partial charge < -0.3 is 9.84 Å². The first-order valence-corrected chi connectivity index (χ1v) is 9.86. The Hall–Kier alpha value is -2.63. The quantitative estimate of drug-likeness (QED) is 0.686. The fourth-order valence-electron chi connectivity index (χ4n) is 3.61. The van der Waals surface area contributed by atoms with Gasteiger partial charge in [-0.15, -0.1) is 0 Å². The minimum atomic E-state index is -0.746. The molecule has 1 fully saturated rings. The van der Waals surface area contributed by atoms with Gasteiger partial charge in [0.05, 0.1) is 12.7 Å². The van der Waals surface area contributed by atoms with Gasteiger partial charge in [0.1, 0.15) is 18.0 Å². The summed E-state index contributed by atoms with van der Waals surface area (Å²) in [5, 5.41) is 15.3. The van der Waals surface area contributed by atoms with Gasteiger partial charge in [0, 0.05) is 31.4 Å². The van der Waals surface area contributed by atoms with E-state index in [0.717, 1.165) is 44.8 Å². The van der Waals surface area contributed by atoms with E-state index in [9.17, 15) is 5.11 Å². The Balaban J connectivity index is 1.25. The van der Waals surface area contributed by atoms with Crippen molar-refractivity contribution in [3.63, 3.8) is 0 Å². The summed E-state index contributed by atoms with van der Waals surface area (Å²) in [6.07, 6.45) is 5.50. The lowest BCUT2D eigenvalue weighted by Crippen LogP contribution is -2.47. The zero-order chi connectivity index (χ0) is 19.2. The highest BCUT2D eigenvalue weighted by Crippen LogP contribution is 2.24. The number of hydrogen-bond donors (Lipinski definition) is 1. The number of aromatic nitrogens is 2. The van der Waals surface area contributed by atoms with E-state index in [1.54, 1.807) is 0 Å². The molecule has 0 atom stereocenters. The number of hydrogen-bond acceptors (Lipinski definition) is 4. The van der Waals surface area contributed by atoms with Crippen molar-refractivity contribution in [1.82, 2.24) is 14.7 Å². The smallest absolute Gasteiger partial charge is 0.119 e. The maximum atomic E-state index is 10.8. The number of piperidine rings is 1. The van der Waals surface area contributed by atoms with Crippen molar-refractivity contribution in [2.75, 3.05) is 19.7 Å². The lowest BCUT2D eigenvalue weighted by molar-refractivity contribution is -0.0537. The van der Waals surface area contributed by atoms with E-state index in [2.05, 4.69) is 40.5 Å². The minimum Gasteiger partial charge on any atom is -0.491 e. The first-order valence-electron chi connectivity index (χ1n) is 9.86. The van der Waals surface area contributed by atoms with E-state index >= 15 is 0 Å². The van der Waals surface area contributed by atoms with Crippen molar-refractivity contribution in [1.29, 1.82) is 0 Å². The molecule has 0 saturated carbocycles. The average molecular weight is 377 g/mol. The molecule has 28 heavy (non-hydrogen) atoms. The van der Waals surface area contributed by atoms with Crippen LogP contribution in [0.2, 0.25) is 0 Å². The number of benzene rings is 2. The van der Waals surface area contributed by atoms with Gasteiger partial charge in [-0.25, -0.2) is 0 Å². The molecule has 0 bridgehead atoms. The van der Waals surface area contributed by atoms with E-state index in [0.29, 0.717) is 6.61 Å². The Bertz CT molecular complexity index is 856. The fourth-order valence-corrected chi connectivity index (χ4v) is 3.61. The number of aliphatic hydroxyl groups is 1. The average Bonchev–Trinajstić information content (AvgIpc) is 3.17. The summed E-state index contributed by atoms with van der Waals surface area (Å²) in [5.41, 5.74) is 1.71. The van der Waals surface area contributed by atoms with Crippen LogP contribution in [0.15, 0.2) is 73.1 Å². The molecule has 5 nitrogen and oxygen atoms in total. The van der Waals surface area contributed by atoms with Crippen LogP contribution in [0.3, 0.4) is 0 Å². The predicted molar refractivity (Wildman–Crippen MR) is 109 cm³/mol. The van der Waals surface area contributed by atoms with Crippen LogP contribution in [0.4, 0.5) is 0 Å². The molecule has 1 aliphatic heterocycles. The van der Waals surface area contributed by atoms with Crippen LogP contribution in [-0.4, -0.2) is 45.1 Å². The van der Waals surface area contributed by atoms with Crippen molar-refractivity contribution >= 4 is 0 Å². The van der Waals surface area contributed by atoms with Gasteiger partial charge in [-0.05, 0) is 30.5 Å². The Morgan fingerprint density at radius 2 is 1.57 bits per heavy atom. The van der Waals surface area contributed by atoms with Crippen molar-refractivity contribution in [3.8, 4) is 5.75 Å². The zero-order valence-corrected chi connectivity index (χ0v) is 16.1. The summed E-state index contributed by atoms with van der Waals surface area (Å²) >= 11 is 0. The molecule has 0 spiro atoms. The second-order valence-electron chi connectivity index (χ2n) is 7.63. The van der Waals surface area contributed by atoms with Gasteiger partial charge in [-0.3, -0.25) is 9.58 Å². The van der Waals surface area contributed by atoms with Crippen molar-refractivity contribution in [2.45, 2.75) is 31.5 Å². The first-order chi connectivity index (χ1) is 13.7. The molecule has 0 unspecified atom stereocenters. The molecular formula is C23H27N3O2. The Labute approximate surface area is 166 Å². The summed E-state index contributed by atoms with van der Waals surface area (Å²) < 4.78 is 7.76. The Morgan fingerprint density at radius 1 is 0.893 bits per heavy atom. The molecule has 0 amide bonds. The van der Waals surface area contributed by atoms with Crippen molar-refractivity contribution in [3.05, 3.63) is 84.2 Å². The third-order valence-electron chi connectivity index (χ3n) is 5.32. The van der Waals surface area contributed by atoms with Crippen LogP contribution in [-0.2, 0) is 13.1 Å². The molecule has 0 radical (unpaired) electrons. The Kier molecular flexibility index (Phi) is 5.74. The van der Waals surface area contributed by atoms with Crippen LogP contribution in [0.5, 0.6) is 5.75 Å². The molecule has 5 heteroatoms. The fraction of sp³-hybridized carbons (Fsp3) is 0.348. The topological polar surface area (TPSA) is 50.5 Å². The SMILES string of the molecule is OC1(COc2ccccc2)CCN(Cc2cnn(Cc3ccccc3)c2)CC1. The van der Waals surface area contributed by atoms with Gasteiger partial charge in [0.15, 0.2) is 0 Å². The standard InChI is InChI=1S/C23H27N3O2/c27-23(19-28-22-9-5-2-6-10-22)11-13-25(14-12-23)16-21-15-24-26(18-21)17-20-7-3-1-4-8-20/h1-10,15,18,27H,11-14,16-17,19H2. The highest BCUT2D eigenvalue weighted by molar-refractivity contribution is 5.21. The van der Waals surface area contributed by atoms with Gasteiger partial charge in [0.25, 0.3) is 0 Å². The highest BCUT2D eigenvalue weighted by atomic mass is 16.5. The number of para-hydroxylation sites is 1. The number of nitrogens with zero attached hydrogens (tertiary/aromatic N) is 3. The molecule has 1 aromatic heterocycles. The lowest BCUT2D eigenvalue weighted by atomic mass is 9.92. The maximum absolute atomic E-state index is 10.8. The van der Waals surface area contributed by atoms with E-state index in [-0.39, 0.29) is 0 Å². The van der Waals surface area contributed by atoms with E-state index in [4.69, 9.17) is 4.74 Å². The summed E-state index contributed by atoms with van der Waals surface area (Å²) in [7, 11) is 0. The molecule has 4 rings (SSSR count). The van der Waals surface area contributed by atoms with Crippen LogP contribution < -0.4 is 4.74 Å². The highest BCUT2D eigenvalue weighted by Gasteiger charge is 2.33. The molecule has 1 saturated heterocycles. The molecule has 1 aliphatic rings. The second kappa shape index (κ2) is 8.59. The van der Waals surface area contributed by atoms with Crippen LogP contribution in [0.1, 0.15) is 24.0 Å². The van der Waals surface area contributed by atoms with Crippen molar-refractivity contribution < 1.29 is 9.84 Å². The monoisotopic (exact) mass is 377 g/mol. The zero-order valence-electron chi connectivity index (χ0n) is 16.1. The molecule has 1 N–H and O–H groups in total. The number of rotatable bonds is 7. The predicted octanol–water partition coefficient (Wildman–Crippen LogP) is 3.34.